The number of thioether (sulfide) groups is 1. The number of hydrogen-bond donors (Lipinski definition) is 1. The highest BCUT2D eigenvalue weighted by Crippen LogP contribution is 2.42. The van der Waals surface area contributed by atoms with Crippen molar-refractivity contribution in [1.29, 1.82) is 0 Å². The number of carbonyl (C=O) groups is 1. The predicted molar refractivity (Wildman–Crippen MR) is 112 cm³/mol. The Kier molecular flexibility index (Phi) is 5.94. The molecule has 1 aliphatic carbocycles. The van der Waals surface area contributed by atoms with Gasteiger partial charge in [-0.1, -0.05) is 23.4 Å². The van der Waals surface area contributed by atoms with E-state index in [0.717, 1.165) is 42.3 Å². The second-order valence-electron chi connectivity index (χ2n) is 7.08. The Hall–Kier alpha value is -2.59. The van der Waals surface area contributed by atoms with Crippen LogP contribution in [-0.4, -0.2) is 30.9 Å². The van der Waals surface area contributed by atoms with E-state index in [1.54, 1.807) is 19.3 Å². The zero-order chi connectivity index (χ0) is 22.2. The Balaban J connectivity index is 1.54. The Bertz CT molecular complexity index is 1100. The van der Waals surface area contributed by atoms with Crippen LogP contribution in [0, 0.1) is 0 Å². The topological polar surface area (TPSA) is 72.7 Å². The van der Waals surface area contributed by atoms with Crippen molar-refractivity contribution >= 4 is 35.0 Å². The molecule has 1 amide bonds. The standard InChI is InChI=1S/C20H17ClF3N5OS/c1-11(18(30)26-16-5-2-13(21)10-15(16)20(22,23)24)31-19-28-27-17(29(19)14-3-4-14)12-6-8-25-9-7-12/h2,5-11,14H,3-4H2,1H3,(H,26,30). The molecule has 11 heteroatoms. The van der Waals surface area contributed by atoms with Crippen LogP contribution in [-0.2, 0) is 11.0 Å². The van der Waals surface area contributed by atoms with E-state index >= 15 is 0 Å². The van der Waals surface area contributed by atoms with Crippen molar-refractivity contribution in [2.75, 3.05) is 5.32 Å². The average molecular weight is 468 g/mol. The van der Waals surface area contributed by atoms with Crippen molar-refractivity contribution in [2.45, 2.75) is 42.4 Å². The number of carbonyl (C=O) groups excluding carboxylic acids is 1. The van der Waals surface area contributed by atoms with Gasteiger partial charge in [0.15, 0.2) is 11.0 Å². The van der Waals surface area contributed by atoms with Gasteiger partial charge in [0.2, 0.25) is 5.91 Å². The van der Waals surface area contributed by atoms with Crippen LogP contribution in [0.2, 0.25) is 5.02 Å². The zero-order valence-electron chi connectivity index (χ0n) is 16.2. The molecule has 1 atom stereocenters. The van der Waals surface area contributed by atoms with Gasteiger partial charge >= 0.3 is 6.18 Å². The van der Waals surface area contributed by atoms with Crippen LogP contribution in [0.1, 0.15) is 31.4 Å². The number of halogens is 4. The van der Waals surface area contributed by atoms with Gasteiger partial charge in [0.25, 0.3) is 0 Å². The highest BCUT2D eigenvalue weighted by Gasteiger charge is 2.35. The van der Waals surface area contributed by atoms with Gasteiger partial charge in [0.05, 0.1) is 16.5 Å². The molecule has 3 aromatic rings. The van der Waals surface area contributed by atoms with Crippen molar-refractivity contribution in [3.63, 3.8) is 0 Å². The minimum atomic E-state index is -4.64. The summed E-state index contributed by atoms with van der Waals surface area (Å²) in [5, 5.41) is 10.6. The van der Waals surface area contributed by atoms with E-state index in [9.17, 15) is 18.0 Å². The lowest BCUT2D eigenvalue weighted by molar-refractivity contribution is -0.137. The number of amides is 1. The van der Waals surface area contributed by atoms with Gasteiger partial charge < -0.3 is 5.32 Å². The molecule has 4 rings (SSSR count). The van der Waals surface area contributed by atoms with Gasteiger partial charge in [-0.25, -0.2) is 0 Å². The van der Waals surface area contributed by atoms with E-state index in [4.69, 9.17) is 11.6 Å². The average Bonchev–Trinajstić information content (AvgIpc) is 3.49. The fourth-order valence-corrected chi connectivity index (χ4v) is 4.11. The molecule has 1 saturated carbocycles. The van der Waals surface area contributed by atoms with Crippen LogP contribution in [0.15, 0.2) is 47.9 Å². The Morgan fingerprint density at radius 2 is 1.94 bits per heavy atom. The first-order valence-electron chi connectivity index (χ1n) is 9.43. The van der Waals surface area contributed by atoms with E-state index in [1.165, 1.54) is 6.07 Å². The molecule has 0 spiro atoms. The number of pyridine rings is 1. The number of nitrogens with zero attached hydrogens (tertiary/aromatic N) is 4. The molecular formula is C20H17ClF3N5OS. The van der Waals surface area contributed by atoms with Crippen LogP contribution < -0.4 is 5.32 Å². The molecule has 6 nitrogen and oxygen atoms in total. The summed E-state index contributed by atoms with van der Waals surface area (Å²) in [7, 11) is 0. The molecule has 1 aromatic carbocycles. The summed E-state index contributed by atoms with van der Waals surface area (Å²) in [5.74, 6) is 0.102. The van der Waals surface area contributed by atoms with Crippen molar-refractivity contribution in [1.82, 2.24) is 19.7 Å². The highest BCUT2D eigenvalue weighted by molar-refractivity contribution is 8.00. The third-order valence-electron chi connectivity index (χ3n) is 4.71. The van der Waals surface area contributed by atoms with Gasteiger partial charge in [-0.2, -0.15) is 13.2 Å². The molecule has 0 saturated heterocycles. The van der Waals surface area contributed by atoms with Crippen LogP contribution in [0.5, 0.6) is 0 Å². The lowest BCUT2D eigenvalue weighted by Gasteiger charge is -2.17. The smallest absolute Gasteiger partial charge is 0.325 e. The second kappa shape index (κ2) is 8.51. The Labute approximate surface area is 185 Å². The molecule has 162 valence electrons. The third-order valence-corrected chi connectivity index (χ3v) is 6.00. The van der Waals surface area contributed by atoms with E-state index in [0.29, 0.717) is 11.0 Å². The summed E-state index contributed by atoms with van der Waals surface area (Å²) >= 11 is 6.85. The molecule has 0 radical (unpaired) electrons. The summed E-state index contributed by atoms with van der Waals surface area (Å²) < 4.78 is 41.9. The molecular weight excluding hydrogens is 451 g/mol. The molecule has 31 heavy (non-hydrogen) atoms. The van der Waals surface area contributed by atoms with E-state index in [-0.39, 0.29) is 16.8 Å². The number of benzene rings is 1. The van der Waals surface area contributed by atoms with E-state index in [2.05, 4.69) is 20.5 Å². The molecule has 0 bridgehead atoms. The fraction of sp³-hybridized carbons (Fsp3) is 0.300. The molecule has 2 aromatic heterocycles. The lowest BCUT2D eigenvalue weighted by Crippen LogP contribution is -2.24. The normalized spacial score (nSPS) is 15.0. The number of anilines is 1. The van der Waals surface area contributed by atoms with Crippen molar-refractivity contribution in [3.8, 4) is 11.4 Å². The number of aromatic nitrogens is 4. The molecule has 1 unspecified atom stereocenters. The van der Waals surface area contributed by atoms with Crippen LogP contribution in [0.3, 0.4) is 0 Å². The number of hydrogen-bond acceptors (Lipinski definition) is 5. The van der Waals surface area contributed by atoms with Crippen molar-refractivity contribution in [2.24, 2.45) is 0 Å². The van der Waals surface area contributed by atoms with Crippen LogP contribution in [0.4, 0.5) is 18.9 Å². The van der Waals surface area contributed by atoms with Crippen molar-refractivity contribution < 1.29 is 18.0 Å². The summed E-state index contributed by atoms with van der Waals surface area (Å²) in [5.41, 5.74) is -0.475. The van der Waals surface area contributed by atoms with Gasteiger partial charge in [0.1, 0.15) is 0 Å². The minimum absolute atomic E-state index is 0.0612. The van der Waals surface area contributed by atoms with E-state index < -0.39 is 22.9 Å². The monoisotopic (exact) mass is 467 g/mol. The lowest BCUT2D eigenvalue weighted by atomic mass is 10.1. The maximum absolute atomic E-state index is 13.3. The molecule has 1 fully saturated rings. The molecule has 0 aliphatic heterocycles. The van der Waals surface area contributed by atoms with Crippen LogP contribution in [0.25, 0.3) is 11.4 Å². The first kappa shape index (κ1) is 21.6. The second-order valence-corrected chi connectivity index (χ2v) is 8.82. The van der Waals surface area contributed by atoms with Gasteiger partial charge in [-0.05, 0) is 50.1 Å². The van der Waals surface area contributed by atoms with Crippen LogP contribution >= 0.6 is 23.4 Å². The molecule has 1 N–H and O–H groups in total. The molecule has 1 aliphatic rings. The third kappa shape index (κ3) is 4.85. The summed E-state index contributed by atoms with van der Waals surface area (Å²) in [4.78, 5) is 16.7. The maximum Gasteiger partial charge on any atom is 0.418 e. The minimum Gasteiger partial charge on any atom is -0.325 e. The first-order chi connectivity index (χ1) is 14.7. The van der Waals surface area contributed by atoms with Gasteiger partial charge in [-0.15, -0.1) is 10.2 Å². The SMILES string of the molecule is CC(Sc1nnc(-c2ccncc2)n1C1CC1)C(=O)Nc1ccc(Cl)cc1C(F)(F)F. The molecule has 2 heterocycles. The van der Waals surface area contributed by atoms with Crippen molar-refractivity contribution in [3.05, 3.63) is 53.3 Å². The summed E-state index contributed by atoms with van der Waals surface area (Å²) in [6.07, 6.45) is 0.631. The predicted octanol–water partition coefficient (Wildman–Crippen LogP) is 5.47. The first-order valence-corrected chi connectivity index (χ1v) is 10.7. The quantitative estimate of drug-likeness (QED) is 0.487. The fourth-order valence-electron chi connectivity index (χ4n) is 3.02. The number of rotatable bonds is 6. The zero-order valence-corrected chi connectivity index (χ0v) is 17.8. The Morgan fingerprint density at radius 3 is 2.58 bits per heavy atom. The summed E-state index contributed by atoms with van der Waals surface area (Å²) in [6, 6.07) is 7.13. The largest absolute Gasteiger partial charge is 0.418 e. The number of alkyl halides is 3. The highest BCUT2D eigenvalue weighted by atomic mass is 35.5. The summed E-state index contributed by atoms with van der Waals surface area (Å²) in [6.45, 7) is 1.61. The maximum atomic E-state index is 13.3. The van der Waals surface area contributed by atoms with Gasteiger partial charge in [0, 0.05) is 29.0 Å². The van der Waals surface area contributed by atoms with E-state index in [1.807, 2.05) is 16.7 Å². The Morgan fingerprint density at radius 1 is 1.23 bits per heavy atom. The van der Waals surface area contributed by atoms with Gasteiger partial charge in [-0.3, -0.25) is 14.3 Å². The number of nitrogens with one attached hydrogen (secondary N) is 1.